The summed E-state index contributed by atoms with van der Waals surface area (Å²) < 4.78 is 10.4. The second-order valence-corrected chi connectivity index (χ2v) is 5.23. The van der Waals surface area contributed by atoms with Crippen LogP contribution in [0.15, 0.2) is 0 Å². The Hall–Kier alpha value is -1.14. The van der Waals surface area contributed by atoms with E-state index in [1.807, 2.05) is 6.92 Å². The number of aromatic nitrogens is 1. The normalized spacial score (nSPS) is 19.9. The highest BCUT2D eigenvalue weighted by Crippen LogP contribution is 2.28. The molecule has 18 heavy (non-hydrogen) atoms. The zero-order chi connectivity index (χ0) is 13.1. The number of carbonyl (C=O) groups is 1. The first kappa shape index (κ1) is 13.3. The van der Waals surface area contributed by atoms with Crippen molar-refractivity contribution in [3.63, 3.8) is 0 Å². The summed E-state index contributed by atoms with van der Waals surface area (Å²) in [6.45, 7) is 6.32. The molecule has 100 valence electrons. The smallest absolute Gasteiger partial charge is 0.350 e. The number of nitrogens with zero attached hydrogens (tertiary/aromatic N) is 2. The second-order valence-electron chi connectivity index (χ2n) is 4.25. The van der Waals surface area contributed by atoms with Crippen LogP contribution in [-0.2, 0) is 9.47 Å². The molecule has 0 amide bonds. The minimum Gasteiger partial charge on any atom is -0.465 e. The molecule has 5 nitrogen and oxygen atoms in total. The Kier molecular flexibility index (Phi) is 4.19. The number of thiazole rings is 1. The summed E-state index contributed by atoms with van der Waals surface area (Å²) in [4.78, 5) is 18.8. The Morgan fingerprint density at radius 3 is 3.11 bits per heavy atom. The lowest BCUT2D eigenvalue weighted by Crippen LogP contribution is -2.42. The SMILES string of the molecule is CCC1CN(c2nc(C)c(C(=O)OC)s2)CCO1. The van der Waals surface area contributed by atoms with Crippen molar-refractivity contribution in [3.05, 3.63) is 10.6 Å². The topological polar surface area (TPSA) is 51.7 Å². The molecule has 2 rings (SSSR count). The third-order valence-electron chi connectivity index (χ3n) is 3.02. The van der Waals surface area contributed by atoms with E-state index in [2.05, 4.69) is 16.8 Å². The van der Waals surface area contributed by atoms with Gasteiger partial charge in [0.15, 0.2) is 5.13 Å². The van der Waals surface area contributed by atoms with Gasteiger partial charge in [0.2, 0.25) is 0 Å². The zero-order valence-corrected chi connectivity index (χ0v) is 11.7. The van der Waals surface area contributed by atoms with Crippen LogP contribution < -0.4 is 4.90 Å². The van der Waals surface area contributed by atoms with Crippen LogP contribution >= 0.6 is 11.3 Å². The second kappa shape index (κ2) is 5.67. The van der Waals surface area contributed by atoms with Gasteiger partial charge in [-0.3, -0.25) is 0 Å². The molecule has 1 saturated heterocycles. The summed E-state index contributed by atoms with van der Waals surface area (Å²) in [6, 6.07) is 0. The summed E-state index contributed by atoms with van der Waals surface area (Å²) in [5.74, 6) is -0.309. The Balaban J connectivity index is 2.16. The highest BCUT2D eigenvalue weighted by molar-refractivity contribution is 7.17. The van der Waals surface area contributed by atoms with Gasteiger partial charge in [-0.25, -0.2) is 9.78 Å². The van der Waals surface area contributed by atoms with E-state index in [-0.39, 0.29) is 12.1 Å². The number of carbonyl (C=O) groups excluding carboxylic acids is 1. The number of hydrogen-bond acceptors (Lipinski definition) is 6. The van der Waals surface area contributed by atoms with Crippen molar-refractivity contribution < 1.29 is 14.3 Å². The first-order chi connectivity index (χ1) is 8.65. The van der Waals surface area contributed by atoms with Crippen LogP contribution in [0.1, 0.15) is 28.7 Å². The summed E-state index contributed by atoms with van der Waals surface area (Å²) >= 11 is 1.40. The van der Waals surface area contributed by atoms with Crippen molar-refractivity contribution in [3.8, 4) is 0 Å². The van der Waals surface area contributed by atoms with Crippen LogP contribution in [0.4, 0.5) is 5.13 Å². The van der Waals surface area contributed by atoms with Gasteiger partial charge in [0.1, 0.15) is 4.88 Å². The van der Waals surface area contributed by atoms with Gasteiger partial charge in [-0.05, 0) is 13.3 Å². The molecule has 0 radical (unpaired) electrons. The summed E-state index contributed by atoms with van der Waals surface area (Å²) in [5.41, 5.74) is 0.737. The highest BCUT2D eigenvalue weighted by atomic mass is 32.1. The number of hydrogen-bond donors (Lipinski definition) is 0. The standard InChI is InChI=1S/C12H18N2O3S/c1-4-9-7-14(5-6-17-9)12-13-8(2)10(18-12)11(15)16-3/h9H,4-7H2,1-3H3. The van der Waals surface area contributed by atoms with Gasteiger partial charge in [-0.15, -0.1) is 0 Å². The highest BCUT2D eigenvalue weighted by Gasteiger charge is 2.24. The minimum absolute atomic E-state index is 0.254. The largest absolute Gasteiger partial charge is 0.465 e. The van der Waals surface area contributed by atoms with E-state index >= 15 is 0 Å². The molecule has 1 aliphatic rings. The number of aryl methyl sites for hydroxylation is 1. The molecule has 0 spiro atoms. The molecule has 1 aliphatic heterocycles. The van der Waals surface area contributed by atoms with Crippen molar-refractivity contribution in [2.45, 2.75) is 26.4 Å². The number of anilines is 1. The van der Waals surface area contributed by atoms with Gasteiger partial charge in [0.25, 0.3) is 0 Å². The molecule has 0 aliphatic carbocycles. The number of methoxy groups -OCH3 is 1. The van der Waals surface area contributed by atoms with E-state index in [1.165, 1.54) is 18.4 Å². The molecule has 2 heterocycles. The summed E-state index contributed by atoms with van der Waals surface area (Å²) in [6.07, 6.45) is 1.24. The molecule has 0 aromatic carbocycles. The fourth-order valence-corrected chi connectivity index (χ4v) is 2.96. The Morgan fingerprint density at radius 2 is 2.44 bits per heavy atom. The van der Waals surface area contributed by atoms with E-state index in [9.17, 15) is 4.79 Å². The molecule has 0 N–H and O–H groups in total. The van der Waals surface area contributed by atoms with E-state index < -0.39 is 0 Å². The van der Waals surface area contributed by atoms with Crippen LogP contribution in [0.3, 0.4) is 0 Å². The third kappa shape index (κ3) is 2.64. The molecule has 1 unspecified atom stereocenters. The van der Waals surface area contributed by atoms with Crippen LogP contribution in [0.2, 0.25) is 0 Å². The van der Waals surface area contributed by atoms with E-state index in [4.69, 9.17) is 9.47 Å². The minimum atomic E-state index is -0.309. The maximum atomic E-state index is 11.6. The maximum Gasteiger partial charge on any atom is 0.350 e. The molecule has 1 aromatic heterocycles. The van der Waals surface area contributed by atoms with Gasteiger partial charge in [0.05, 0.1) is 25.5 Å². The first-order valence-electron chi connectivity index (χ1n) is 6.08. The number of rotatable bonds is 3. The van der Waals surface area contributed by atoms with E-state index in [1.54, 1.807) is 0 Å². The Bertz CT molecular complexity index is 433. The number of esters is 1. The van der Waals surface area contributed by atoms with Gasteiger partial charge >= 0.3 is 5.97 Å². The molecule has 0 saturated carbocycles. The number of ether oxygens (including phenoxy) is 2. The first-order valence-corrected chi connectivity index (χ1v) is 6.89. The molecular formula is C12H18N2O3S. The quantitative estimate of drug-likeness (QED) is 0.785. The molecule has 1 aromatic rings. The van der Waals surface area contributed by atoms with Crippen LogP contribution in [0.5, 0.6) is 0 Å². The van der Waals surface area contributed by atoms with E-state index in [0.29, 0.717) is 11.5 Å². The average molecular weight is 270 g/mol. The maximum absolute atomic E-state index is 11.6. The Morgan fingerprint density at radius 1 is 1.67 bits per heavy atom. The summed E-state index contributed by atoms with van der Waals surface area (Å²) in [7, 11) is 1.39. The lowest BCUT2D eigenvalue weighted by atomic mass is 10.2. The van der Waals surface area contributed by atoms with Crippen molar-refractivity contribution in [1.82, 2.24) is 4.98 Å². The van der Waals surface area contributed by atoms with Crippen molar-refractivity contribution in [1.29, 1.82) is 0 Å². The van der Waals surface area contributed by atoms with Gasteiger partial charge in [-0.1, -0.05) is 18.3 Å². The predicted octanol–water partition coefficient (Wildman–Crippen LogP) is 1.85. The molecule has 1 fully saturated rings. The van der Waals surface area contributed by atoms with Gasteiger partial charge < -0.3 is 14.4 Å². The van der Waals surface area contributed by atoms with Crippen LogP contribution in [-0.4, -0.2) is 43.9 Å². The molecule has 0 bridgehead atoms. The zero-order valence-electron chi connectivity index (χ0n) is 10.9. The third-order valence-corrected chi connectivity index (χ3v) is 4.22. The monoisotopic (exact) mass is 270 g/mol. The summed E-state index contributed by atoms with van der Waals surface area (Å²) in [5, 5.41) is 0.884. The lowest BCUT2D eigenvalue weighted by molar-refractivity contribution is 0.0384. The molecule has 6 heteroatoms. The van der Waals surface area contributed by atoms with Gasteiger partial charge in [-0.2, -0.15) is 0 Å². The molecule has 1 atom stereocenters. The van der Waals surface area contributed by atoms with Gasteiger partial charge in [0, 0.05) is 13.1 Å². The fraction of sp³-hybridized carbons (Fsp3) is 0.667. The van der Waals surface area contributed by atoms with Crippen LogP contribution in [0, 0.1) is 6.92 Å². The van der Waals surface area contributed by atoms with E-state index in [0.717, 1.165) is 30.3 Å². The predicted molar refractivity (Wildman–Crippen MR) is 70.4 cm³/mol. The fourth-order valence-electron chi connectivity index (χ4n) is 1.94. The van der Waals surface area contributed by atoms with Crippen molar-refractivity contribution in [2.75, 3.05) is 31.7 Å². The average Bonchev–Trinajstić information content (AvgIpc) is 2.80. The Labute approximate surface area is 111 Å². The van der Waals surface area contributed by atoms with Crippen LogP contribution in [0.25, 0.3) is 0 Å². The molecular weight excluding hydrogens is 252 g/mol. The van der Waals surface area contributed by atoms with Crippen molar-refractivity contribution >= 4 is 22.4 Å². The van der Waals surface area contributed by atoms with Crippen molar-refractivity contribution in [2.24, 2.45) is 0 Å². The number of morpholine rings is 1. The lowest BCUT2D eigenvalue weighted by Gasteiger charge is -2.32.